The number of carbonyl (C=O) groups excluding carboxylic acids is 1. The minimum Gasteiger partial charge on any atom is -0.497 e. The Bertz CT molecular complexity index is 618. The summed E-state index contributed by atoms with van der Waals surface area (Å²) in [6, 6.07) is 13.1. The first-order chi connectivity index (χ1) is 10.2. The number of rotatable bonds is 6. The van der Waals surface area contributed by atoms with Crippen molar-refractivity contribution in [2.45, 2.75) is 13.0 Å². The summed E-state index contributed by atoms with van der Waals surface area (Å²) >= 11 is 0. The molecule has 4 heteroatoms. The van der Waals surface area contributed by atoms with E-state index in [0.717, 1.165) is 11.3 Å². The third-order valence-corrected chi connectivity index (χ3v) is 3.00. The molecule has 0 saturated carbocycles. The number of Topliss-reactive ketones (excluding diaryl/α,β-unsaturated/α-hetero) is 1. The van der Waals surface area contributed by atoms with E-state index in [0.29, 0.717) is 12.1 Å². The first-order valence-corrected chi connectivity index (χ1v) is 6.59. The van der Waals surface area contributed by atoms with Crippen LogP contribution in [0.3, 0.4) is 0 Å². The maximum atomic E-state index is 12.7. The molecule has 2 aromatic rings. The van der Waals surface area contributed by atoms with Crippen molar-refractivity contribution in [2.75, 3.05) is 7.11 Å². The molecule has 2 rings (SSSR count). The second-order valence-electron chi connectivity index (χ2n) is 4.51. The van der Waals surface area contributed by atoms with Crippen LogP contribution in [0.5, 0.6) is 5.75 Å². The smallest absolute Gasteiger partial charge is 0.168 e. The topological polar surface area (TPSA) is 38.7 Å². The Labute approximate surface area is 123 Å². The quantitative estimate of drug-likeness (QED) is 0.600. The lowest BCUT2D eigenvalue weighted by Gasteiger charge is -2.01. The normalized spacial score (nSPS) is 10.8. The number of halogens is 1. The highest BCUT2D eigenvalue weighted by Gasteiger charge is 2.03. The van der Waals surface area contributed by atoms with E-state index in [-0.39, 0.29) is 18.0 Å². The van der Waals surface area contributed by atoms with Crippen LogP contribution in [0.4, 0.5) is 4.39 Å². The first-order valence-electron chi connectivity index (χ1n) is 6.59. The van der Waals surface area contributed by atoms with Gasteiger partial charge in [0, 0.05) is 18.2 Å². The molecule has 0 heterocycles. The number of hydrogen-bond acceptors (Lipinski definition) is 3. The number of methoxy groups -OCH3 is 1. The summed E-state index contributed by atoms with van der Waals surface area (Å²) in [7, 11) is 1.58. The number of ether oxygens (including phenoxy) is 1. The van der Waals surface area contributed by atoms with Gasteiger partial charge in [-0.15, -0.1) is 0 Å². The maximum absolute atomic E-state index is 12.7. The van der Waals surface area contributed by atoms with Gasteiger partial charge >= 0.3 is 0 Å². The third kappa shape index (κ3) is 4.53. The lowest BCUT2D eigenvalue weighted by atomic mass is 10.1. The van der Waals surface area contributed by atoms with E-state index in [2.05, 4.69) is 4.99 Å². The SMILES string of the molecule is COc1ccc(C(=O)CC=NCc2ccc(F)cc2)cc1. The lowest BCUT2D eigenvalue weighted by Crippen LogP contribution is -1.99. The molecule has 21 heavy (non-hydrogen) atoms. The molecule has 0 N–H and O–H groups in total. The molecular formula is C17H16FNO2. The van der Waals surface area contributed by atoms with Crippen LogP contribution >= 0.6 is 0 Å². The molecule has 0 saturated heterocycles. The summed E-state index contributed by atoms with van der Waals surface area (Å²) in [4.78, 5) is 16.1. The van der Waals surface area contributed by atoms with Gasteiger partial charge in [-0.3, -0.25) is 9.79 Å². The number of hydrogen-bond donors (Lipinski definition) is 0. The van der Waals surface area contributed by atoms with E-state index < -0.39 is 0 Å². The predicted octanol–water partition coefficient (Wildman–Crippen LogP) is 3.68. The van der Waals surface area contributed by atoms with Crippen LogP contribution < -0.4 is 4.74 Å². The summed E-state index contributed by atoms with van der Waals surface area (Å²) in [5, 5.41) is 0. The molecule has 0 atom stereocenters. The zero-order valence-corrected chi connectivity index (χ0v) is 11.8. The van der Waals surface area contributed by atoms with Gasteiger partial charge in [0.15, 0.2) is 5.78 Å². The average molecular weight is 285 g/mol. The Morgan fingerprint density at radius 1 is 1.14 bits per heavy atom. The summed E-state index contributed by atoms with van der Waals surface area (Å²) < 4.78 is 17.8. The number of benzene rings is 2. The molecule has 0 aliphatic rings. The molecular weight excluding hydrogens is 269 g/mol. The van der Waals surface area contributed by atoms with Crippen molar-refractivity contribution in [3.05, 3.63) is 65.5 Å². The van der Waals surface area contributed by atoms with Gasteiger partial charge in [0.1, 0.15) is 11.6 Å². The van der Waals surface area contributed by atoms with Crippen LogP contribution in [-0.2, 0) is 6.54 Å². The van der Waals surface area contributed by atoms with Gasteiger partial charge in [-0.05, 0) is 42.0 Å². The van der Waals surface area contributed by atoms with E-state index in [1.165, 1.54) is 12.1 Å². The van der Waals surface area contributed by atoms with E-state index >= 15 is 0 Å². The van der Waals surface area contributed by atoms with Crippen molar-refractivity contribution in [3.8, 4) is 5.75 Å². The Kier molecular flexibility index (Phi) is 5.21. The molecule has 0 aliphatic carbocycles. The molecule has 0 amide bonds. The van der Waals surface area contributed by atoms with Gasteiger partial charge in [0.2, 0.25) is 0 Å². The number of aliphatic imine (C=N–C) groups is 1. The Balaban J connectivity index is 1.85. The molecule has 0 aliphatic heterocycles. The van der Waals surface area contributed by atoms with Crippen molar-refractivity contribution in [2.24, 2.45) is 4.99 Å². The van der Waals surface area contributed by atoms with Crippen LogP contribution in [-0.4, -0.2) is 19.1 Å². The minimum atomic E-state index is -0.266. The molecule has 0 spiro atoms. The first kappa shape index (κ1) is 14.9. The maximum Gasteiger partial charge on any atom is 0.168 e. The van der Waals surface area contributed by atoms with Crippen LogP contribution in [0.25, 0.3) is 0 Å². The van der Waals surface area contributed by atoms with Gasteiger partial charge in [-0.1, -0.05) is 12.1 Å². The van der Waals surface area contributed by atoms with Gasteiger partial charge in [-0.2, -0.15) is 0 Å². The molecule has 3 nitrogen and oxygen atoms in total. The van der Waals surface area contributed by atoms with E-state index in [9.17, 15) is 9.18 Å². The molecule has 2 aromatic carbocycles. The molecule has 0 bridgehead atoms. The fourth-order valence-corrected chi connectivity index (χ4v) is 1.80. The van der Waals surface area contributed by atoms with Crippen LogP contribution in [0.15, 0.2) is 53.5 Å². The number of nitrogens with zero attached hydrogens (tertiary/aromatic N) is 1. The number of ketones is 1. The molecule has 0 fully saturated rings. The standard InChI is InChI=1S/C17H16FNO2/c1-21-16-8-4-14(5-9-16)17(20)10-11-19-12-13-2-6-15(18)7-3-13/h2-9,11H,10,12H2,1H3. The Hall–Kier alpha value is -2.49. The monoisotopic (exact) mass is 285 g/mol. The van der Waals surface area contributed by atoms with E-state index in [1.807, 2.05) is 0 Å². The summed E-state index contributed by atoms with van der Waals surface area (Å²) in [6.07, 6.45) is 1.84. The van der Waals surface area contributed by atoms with E-state index in [4.69, 9.17) is 4.74 Å². The van der Waals surface area contributed by atoms with Gasteiger partial charge in [0.05, 0.1) is 13.7 Å². The van der Waals surface area contributed by atoms with Crippen molar-refractivity contribution < 1.29 is 13.9 Å². The highest BCUT2D eigenvalue weighted by Crippen LogP contribution is 2.12. The van der Waals surface area contributed by atoms with Gasteiger partial charge < -0.3 is 4.74 Å². The Morgan fingerprint density at radius 3 is 2.43 bits per heavy atom. The summed E-state index contributed by atoms with van der Waals surface area (Å²) in [5.41, 5.74) is 1.54. The average Bonchev–Trinajstić information content (AvgIpc) is 2.53. The summed E-state index contributed by atoms with van der Waals surface area (Å²) in [6.45, 7) is 0.441. The van der Waals surface area contributed by atoms with Gasteiger partial charge in [0.25, 0.3) is 0 Å². The zero-order chi connectivity index (χ0) is 15.1. The largest absolute Gasteiger partial charge is 0.497 e. The van der Waals surface area contributed by atoms with Crippen LogP contribution in [0, 0.1) is 5.82 Å². The van der Waals surface area contributed by atoms with E-state index in [1.54, 1.807) is 49.7 Å². The molecule has 0 unspecified atom stereocenters. The fourth-order valence-electron chi connectivity index (χ4n) is 1.80. The molecule has 108 valence electrons. The molecule has 0 radical (unpaired) electrons. The van der Waals surface area contributed by atoms with Crippen molar-refractivity contribution in [1.29, 1.82) is 0 Å². The van der Waals surface area contributed by atoms with Crippen molar-refractivity contribution in [1.82, 2.24) is 0 Å². The zero-order valence-electron chi connectivity index (χ0n) is 11.8. The fraction of sp³-hybridized carbons (Fsp3) is 0.176. The minimum absolute atomic E-state index is 0.000471. The van der Waals surface area contributed by atoms with Crippen LogP contribution in [0.1, 0.15) is 22.3 Å². The Morgan fingerprint density at radius 2 is 1.81 bits per heavy atom. The highest BCUT2D eigenvalue weighted by molar-refractivity contribution is 6.03. The second kappa shape index (κ2) is 7.33. The third-order valence-electron chi connectivity index (χ3n) is 3.00. The lowest BCUT2D eigenvalue weighted by molar-refractivity contribution is 0.100. The van der Waals surface area contributed by atoms with Crippen molar-refractivity contribution >= 4 is 12.0 Å². The highest BCUT2D eigenvalue weighted by atomic mass is 19.1. The second-order valence-corrected chi connectivity index (χ2v) is 4.51. The predicted molar refractivity (Wildman–Crippen MR) is 80.5 cm³/mol. The number of carbonyl (C=O) groups is 1. The van der Waals surface area contributed by atoms with Crippen molar-refractivity contribution in [3.63, 3.8) is 0 Å². The van der Waals surface area contributed by atoms with Gasteiger partial charge in [-0.25, -0.2) is 4.39 Å². The molecule has 0 aromatic heterocycles. The van der Waals surface area contributed by atoms with Crippen LogP contribution in [0.2, 0.25) is 0 Å². The summed E-state index contributed by atoms with van der Waals surface area (Å²) in [5.74, 6) is 0.453.